The van der Waals surface area contributed by atoms with E-state index in [1.165, 1.54) is 0 Å². The van der Waals surface area contributed by atoms with Gasteiger partial charge in [0.1, 0.15) is 17.0 Å². The van der Waals surface area contributed by atoms with Crippen LogP contribution in [0.3, 0.4) is 0 Å². The molecular weight excluding hydrogens is 354 g/mol. The number of hydrogen-bond donors (Lipinski definition) is 2. The summed E-state index contributed by atoms with van der Waals surface area (Å²) in [6.07, 6.45) is 4.63. The maximum Gasteiger partial charge on any atom is 0.265 e. The van der Waals surface area contributed by atoms with Gasteiger partial charge in [0, 0.05) is 31.0 Å². The molecule has 0 spiro atoms. The maximum absolute atomic E-state index is 13.1. The van der Waals surface area contributed by atoms with Gasteiger partial charge in [0.2, 0.25) is 0 Å². The molecular formula is C21H23N5O2. The van der Waals surface area contributed by atoms with Crippen LogP contribution >= 0.6 is 0 Å². The summed E-state index contributed by atoms with van der Waals surface area (Å²) in [6.45, 7) is 1.35. The summed E-state index contributed by atoms with van der Waals surface area (Å²) in [4.78, 5) is 22.3. The predicted octanol–water partition coefficient (Wildman–Crippen LogP) is 2.14. The highest BCUT2D eigenvalue weighted by molar-refractivity contribution is 5.89. The van der Waals surface area contributed by atoms with Crippen molar-refractivity contribution in [2.75, 3.05) is 18.5 Å². The van der Waals surface area contributed by atoms with E-state index in [2.05, 4.69) is 10.3 Å². The minimum atomic E-state index is -0.169. The highest BCUT2D eigenvalue weighted by Crippen LogP contribution is 2.42. The van der Waals surface area contributed by atoms with Gasteiger partial charge in [-0.15, -0.1) is 0 Å². The number of benzene rings is 1. The molecule has 3 N–H and O–H groups in total. The predicted molar refractivity (Wildman–Crippen MR) is 108 cm³/mol. The molecule has 5 rings (SSSR count). The van der Waals surface area contributed by atoms with Gasteiger partial charge in [0.15, 0.2) is 0 Å². The molecule has 2 fully saturated rings. The molecule has 1 aromatic carbocycles. The molecule has 2 aliphatic rings. The molecule has 1 aliphatic carbocycles. The highest BCUT2D eigenvalue weighted by atomic mass is 16.5. The molecule has 2 aromatic heterocycles. The van der Waals surface area contributed by atoms with Crippen molar-refractivity contribution in [2.45, 2.75) is 30.8 Å². The Hall–Kier alpha value is -2.77. The Balaban J connectivity index is 1.57. The lowest BCUT2D eigenvalue weighted by Crippen LogP contribution is -2.25. The van der Waals surface area contributed by atoms with Crippen molar-refractivity contribution in [3.8, 4) is 11.4 Å². The first-order valence-electron chi connectivity index (χ1n) is 9.65. The fourth-order valence-electron chi connectivity index (χ4n) is 3.79. The van der Waals surface area contributed by atoms with E-state index >= 15 is 0 Å². The molecule has 7 heteroatoms. The van der Waals surface area contributed by atoms with Crippen LogP contribution < -0.4 is 16.6 Å². The minimum absolute atomic E-state index is 0.115. The molecule has 28 heavy (non-hydrogen) atoms. The first kappa shape index (κ1) is 17.3. The molecule has 0 amide bonds. The fraction of sp³-hybridized carbons (Fsp3) is 0.381. The van der Waals surface area contributed by atoms with E-state index in [1.54, 1.807) is 23.9 Å². The van der Waals surface area contributed by atoms with Crippen LogP contribution in [0, 0.1) is 0 Å². The molecule has 1 atom stereocenters. The van der Waals surface area contributed by atoms with Crippen molar-refractivity contribution in [3.05, 3.63) is 52.4 Å². The smallest absolute Gasteiger partial charge is 0.265 e. The van der Waals surface area contributed by atoms with Crippen LogP contribution in [0.25, 0.3) is 22.3 Å². The quantitative estimate of drug-likeness (QED) is 0.723. The minimum Gasteiger partial charge on any atom is -0.379 e. The highest BCUT2D eigenvalue weighted by Gasteiger charge is 2.39. The zero-order chi connectivity index (χ0) is 19.3. The molecule has 144 valence electrons. The van der Waals surface area contributed by atoms with Crippen molar-refractivity contribution >= 4 is 16.7 Å². The van der Waals surface area contributed by atoms with Crippen LogP contribution in [-0.4, -0.2) is 33.8 Å². The molecule has 0 unspecified atom stereocenters. The van der Waals surface area contributed by atoms with Crippen LogP contribution in [-0.2, 0) is 17.3 Å². The first-order valence-corrected chi connectivity index (χ1v) is 9.65. The first-order chi connectivity index (χ1) is 13.5. The summed E-state index contributed by atoms with van der Waals surface area (Å²) in [5.41, 5.74) is 8.66. The van der Waals surface area contributed by atoms with Crippen LogP contribution in [0.1, 0.15) is 24.8 Å². The van der Waals surface area contributed by atoms with Gasteiger partial charge in [0.25, 0.3) is 5.56 Å². The molecule has 0 radical (unpaired) electrons. The Labute approximate surface area is 162 Å². The van der Waals surface area contributed by atoms with Gasteiger partial charge in [-0.25, -0.2) is 9.97 Å². The third-order valence-corrected chi connectivity index (χ3v) is 5.77. The van der Waals surface area contributed by atoms with Crippen LogP contribution in [0.2, 0.25) is 0 Å². The van der Waals surface area contributed by atoms with E-state index in [0.717, 1.165) is 37.0 Å². The van der Waals surface area contributed by atoms with E-state index in [0.29, 0.717) is 29.2 Å². The standard InChI is InChI=1S/C21H23N5O2/c1-26-19(13-2-4-14(5-3-13)21(22)8-9-21)25-16-6-10-23-18(17(16)20(26)27)24-15-7-11-28-12-15/h2-6,10,15H,7-9,11-12,22H2,1H3,(H,23,24)/t15-/m1/s1. The van der Waals surface area contributed by atoms with Gasteiger partial charge in [-0.2, -0.15) is 0 Å². The lowest BCUT2D eigenvalue weighted by Gasteiger charge is -2.15. The molecule has 1 saturated carbocycles. The lowest BCUT2D eigenvalue weighted by molar-refractivity contribution is 0.195. The largest absolute Gasteiger partial charge is 0.379 e. The summed E-state index contributed by atoms with van der Waals surface area (Å²) in [7, 11) is 1.75. The third-order valence-electron chi connectivity index (χ3n) is 5.77. The van der Waals surface area contributed by atoms with Crippen molar-refractivity contribution < 1.29 is 4.74 Å². The van der Waals surface area contributed by atoms with Gasteiger partial charge in [-0.3, -0.25) is 9.36 Å². The number of anilines is 1. The summed E-state index contributed by atoms with van der Waals surface area (Å²) >= 11 is 0. The number of nitrogens with one attached hydrogen (secondary N) is 1. The van der Waals surface area contributed by atoms with Crippen molar-refractivity contribution in [3.63, 3.8) is 0 Å². The Morgan fingerprint density at radius 3 is 2.71 bits per heavy atom. The fourth-order valence-corrected chi connectivity index (χ4v) is 3.79. The van der Waals surface area contributed by atoms with Gasteiger partial charge in [-0.1, -0.05) is 24.3 Å². The SMILES string of the molecule is Cn1c(-c2ccc(C3(N)CC3)cc2)nc2ccnc(N[C@@H]3CCOC3)c2c1=O. The number of fused-ring (bicyclic) bond motifs is 1. The molecule has 1 aliphatic heterocycles. The molecule has 1 saturated heterocycles. The Morgan fingerprint density at radius 1 is 1.25 bits per heavy atom. The van der Waals surface area contributed by atoms with Crippen LogP contribution in [0.15, 0.2) is 41.3 Å². The van der Waals surface area contributed by atoms with Crippen molar-refractivity contribution in [1.29, 1.82) is 0 Å². The van der Waals surface area contributed by atoms with Gasteiger partial charge < -0.3 is 15.8 Å². The molecule has 0 bridgehead atoms. The number of nitrogens with zero attached hydrogens (tertiary/aromatic N) is 3. The zero-order valence-electron chi connectivity index (χ0n) is 15.8. The van der Waals surface area contributed by atoms with Crippen LogP contribution in [0.5, 0.6) is 0 Å². The van der Waals surface area contributed by atoms with E-state index < -0.39 is 0 Å². The van der Waals surface area contributed by atoms with E-state index in [-0.39, 0.29) is 17.1 Å². The van der Waals surface area contributed by atoms with E-state index in [9.17, 15) is 4.79 Å². The number of hydrogen-bond acceptors (Lipinski definition) is 6. The van der Waals surface area contributed by atoms with Crippen molar-refractivity contribution in [1.82, 2.24) is 14.5 Å². The van der Waals surface area contributed by atoms with Crippen molar-refractivity contribution in [2.24, 2.45) is 12.8 Å². The Morgan fingerprint density at radius 2 is 2.04 bits per heavy atom. The molecule has 3 heterocycles. The summed E-state index contributed by atoms with van der Waals surface area (Å²) < 4.78 is 7.00. The average Bonchev–Trinajstić information content (AvgIpc) is 3.25. The Kier molecular flexibility index (Phi) is 3.96. The third kappa shape index (κ3) is 2.87. The second-order valence-corrected chi connectivity index (χ2v) is 7.79. The number of nitrogens with two attached hydrogens (primary N) is 1. The second kappa shape index (κ2) is 6.39. The lowest BCUT2D eigenvalue weighted by atomic mass is 10.0. The second-order valence-electron chi connectivity index (χ2n) is 7.79. The van der Waals surface area contributed by atoms with Crippen LogP contribution in [0.4, 0.5) is 5.82 Å². The molecule has 3 aromatic rings. The number of pyridine rings is 1. The summed E-state index contributed by atoms with van der Waals surface area (Å²) in [5, 5.41) is 3.85. The molecule has 7 nitrogen and oxygen atoms in total. The summed E-state index contributed by atoms with van der Waals surface area (Å²) in [6, 6.07) is 10.0. The normalized spacial score (nSPS) is 20.4. The van der Waals surface area contributed by atoms with Gasteiger partial charge >= 0.3 is 0 Å². The van der Waals surface area contributed by atoms with E-state index in [1.807, 2.05) is 24.3 Å². The Bertz CT molecular complexity index is 1100. The zero-order valence-corrected chi connectivity index (χ0v) is 15.8. The average molecular weight is 377 g/mol. The summed E-state index contributed by atoms with van der Waals surface area (Å²) in [5.74, 6) is 1.20. The van der Waals surface area contributed by atoms with Gasteiger partial charge in [0.05, 0.1) is 18.2 Å². The monoisotopic (exact) mass is 377 g/mol. The topological polar surface area (TPSA) is 95.1 Å². The number of rotatable bonds is 4. The van der Waals surface area contributed by atoms with E-state index in [4.69, 9.17) is 15.5 Å². The van der Waals surface area contributed by atoms with Gasteiger partial charge in [-0.05, 0) is 30.9 Å². The maximum atomic E-state index is 13.1. The number of ether oxygens (including phenoxy) is 1. The number of aromatic nitrogens is 3.